The summed E-state index contributed by atoms with van der Waals surface area (Å²) in [4.78, 5) is 1.37. The molecule has 1 fully saturated rings. The SMILES string of the molecule is CCNC(CSc1ccc(Br)cc1)C1CCC1. The second-order valence-electron chi connectivity index (χ2n) is 4.62. The molecule has 0 amide bonds. The first-order valence-electron chi connectivity index (χ1n) is 6.41. The van der Waals surface area contributed by atoms with E-state index in [2.05, 4.69) is 52.4 Å². The molecule has 17 heavy (non-hydrogen) atoms. The van der Waals surface area contributed by atoms with Crippen LogP contribution in [0.5, 0.6) is 0 Å². The third-order valence-corrected chi connectivity index (χ3v) is 5.09. The lowest BCUT2D eigenvalue weighted by Crippen LogP contribution is -2.41. The van der Waals surface area contributed by atoms with Crippen molar-refractivity contribution in [2.45, 2.75) is 37.1 Å². The maximum Gasteiger partial charge on any atom is 0.0189 e. The lowest BCUT2D eigenvalue weighted by molar-refractivity contribution is 0.246. The van der Waals surface area contributed by atoms with Crippen LogP contribution in [0.4, 0.5) is 0 Å². The molecule has 0 aliphatic heterocycles. The van der Waals surface area contributed by atoms with Gasteiger partial charge < -0.3 is 5.32 Å². The maximum absolute atomic E-state index is 3.64. The van der Waals surface area contributed by atoms with Crippen LogP contribution in [-0.4, -0.2) is 18.3 Å². The van der Waals surface area contributed by atoms with Gasteiger partial charge in [-0.2, -0.15) is 0 Å². The van der Waals surface area contributed by atoms with Crippen LogP contribution in [0.1, 0.15) is 26.2 Å². The van der Waals surface area contributed by atoms with Crippen LogP contribution in [0, 0.1) is 5.92 Å². The van der Waals surface area contributed by atoms with E-state index in [-0.39, 0.29) is 0 Å². The summed E-state index contributed by atoms with van der Waals surface area (Å²) in [6.45, 7) is 3.29. The second kappa shape index (κ2) is 6.81. The predicted octanol–water partition coefficient (Wildman–Crippen LogP) is 4.32. The summed E-state index contributed by atoms with van der Waals surface area (Å²) in [5, 5.41) is 3.64. The highest BCUT2D eigenvalue weighted by molar-refractivity contribution is 9.10. The smallest absolute Gasteiger partial charge is 0.0189 e. The van der Waals surface area contributed by atoms with Gasteiger partial charge in [0.1, 0.15) is 0 Å². The summed E-state index contributed by atoms with van der Waals surface area (Å²) in [5.41, 5.74) is 0. The lowest BCUT2D eigenvalue weighted by Gasteiger charge is -2.34. The lowest BCUT2D eigenvalue weighted by atomic mass is 9.80. The molecule has 3 heteroatoms. The van der Waals surface area contributed by atoms with Gasteiger partial charge in [-0.25, -0.2) is 0 Å². The summed E-state index contributed by atoms with van der Waals surface area (Å²) < 4.78 is 1.16. The molecule has 1 aromatic rings. The number of hydrogen-bond acceptors (Lipinski definition) is 2. The molecule has 0 aromatic heterocycles. The number of halogens is 1. The van der Waals surface area contributed by atoms with Crippen LogP contribution < -0.4 is 5.32 Å². The quantitative estimate of drug-likeness (QED) is 0.785. The molecule has 0 spiro atoms. The first-order chi connectivity index (χ1) is 8.29. The molecule has 1 aliphatic rings. The van der Waals surface area contributed by atoms with Crippen molar-refractivity contribution in [3.63, 3.8) is 0 Å². The van der Waals surface area contributed by atoms with Crippen molar-refractivity contribution in [1.29, 1.82) is 0 Å². The average Bonchev–Trinajstić information content (AvgIpc) is 2.26. The van der Waals surface area contributed by atoms with E-state index in [0.29, 0.717) is 6.04 Å². The molecule has 0 bridgehead atoms. The second-order valence-corrected chi connectivity index (χ2v) is 6.63. The molecule has 1 nitrogen and oxygen atoms in total. The Morgan fingerprint density at radius 1 is 1.35 bits per heavy atom. The molecule has 1 aliphatic carbocycles. The van der Waals surface area contributed by atoms with Gasteiger partial charge in [-0.05, 0) is 49.6 Å². The molecule has 2 rings (SSSR count). The average molecular weight is 314 g/mol. The Labute approximate surface area is 117 Å². The van der Waals surface area contributed by atoms with Crippen molar-refractivity contribution < 1.29 is 0 Å². The zero-order valence-corrected chi connectivity index (χ0v) is 12.7. The highest BCUT2D eigenvalue weighted by Gasteiger charge is 2.26. The van der Waals surface area contributed by atoms with Gasteiger partial charge in [-0.1, -0.05) is 29.3 Å². The number of hydrogen-bond donors (Lipinski definition) is 1. The van der Waals surface area contributed by atoms with Crippen LogP contribution in [0.3, 0.4) is 0 Å². The van der Waals surface area contributed by atoms with Gasteiger partial charge in [0.2, 0.25) is 0 Å². The summed E-state index contributed by atoms with van der Waals surface area (Å²) in [6, 6.07) is 9.32. The molecule has 1 aromatic carbocycles. The van der Waals surface area contributed by atoms with E-state index >= 15 is 0 Å². The Morgan fingerprint density at radius 3 is 2.59 bits per heavy atom. The van der Waals surface area contributed by atoms with Crippen molar-refractivity contribution in [3.8, 4) is 0 Å². The third kappa shape index (κ3) is 4.01. The van der Waals surface area contributed by atoms with Gasteiger partial charge in [-0.15, -0.1) is 11.8 Å². The van der Waals surface area contributed by atoms with Gasteiger partial charge in [0.25, 0.3) is 0 Å². The van der Waals surface area contributed by atoms with Crippen LogP contribution in [0.2, 0.25) is 0 Å². The van der Waals surface area contributed by atoms with E-state index in [9.17, 15) is 0 Å². The number of thioether (sulfide) groups is 1. The third-order valence-electron chi connectivity index (χ3n) is 3.43. The number of benzene rings is 1. The standard InChI is InChI=1S/C14H20BrNS/c1-2-16-14(11-4-3-5-11)10-17-13-8-6-12(15)7-9-13/h6-9,11,14,16H,2-5,10H2,1H3. The summed E-state index contributed by atoms with van der Waals surface area (Å²) >= 11 is 5.44. The fourth-order valence-corrected chi connectivity index (χ4v) is 3.54. The van der Waals surface area contributed by atoms with E-state index in [1.807, 2.05) is 11.8 Å². The van der Waals surface area contributed by atoms with Crippen LogP contribution in [-0.2, 0) is 0 Å². The first-order valence-corrected chi connectivity index (χ1v) is 8.19. The Balaban J connectivity index is 1.83. The molecule has 0 saturated heterocycles. The molecule has 1 N–H and O–H groups in total. The molecule has 1 saturated carbocycles. The topological polar surface area (TPSA) is 12.0 Å². The van der Waals surface area contributed by atoms with E-state index in [1.54, 1.807) is 0 Å². The van der Waals surface area contributed by atoms with E-state index in [1.165, 1.54) is 29.9 Å². The van der Waals surface area contributed by atoms with Gasteiger partial charge in [-0.3, -0.25) is 0 Å². The Bertz CT molecular complexity index is 335. The zero-order valence-electron chi connectivity index (χ0n) is 10.3. The number of rotatable bonds is 6. The summed E-state index contributed by atoms with van der Waals surface area (Å²) in [7, 11) is 0. The predicted molar refractivity (Wildman–Crippen MR) is 79.7 cm³/mol. The van der Waals surface area contributed by atoms with E-state index in [4.69, 9.17) is 0 Å². The first kappa shape index (κ1) is 13.4. The van der Waals surface area contributed by atoms with Crippen LogP contribution in [0.15, 0.2) is 33.6 Å². The largest absolute Gasteiger partial charge is 0.313 e. The van der Waals surface area contributed by atoms with Crippen molar-refractivity contribution in [2.24, 2.45) is 5.92 Å². The van der Waals surface area contributed by atoms with E-state index < -0.39 is 0 Å². The molecule has 0 radical (unpaired) electrons. The van der Waals surface area contributed by atoms with Gasteiger partial charge in [0.15, 0.2) is 0 Å². The summed E-state index contributed by atoms with van der Waals surface area (Å²) in [6.07, 6.45) is 4.26. The maximum atomic E-state index is 3.64. The van der Waals surface area contributed by atoms with Gasteiger partial charge >= 0.3 is 0 Å². The fraction of sp³-hybridized carbons (Fsp3) is 0.571. The van der Waals surface area contributed by atoms with Crippen molar-refractivity contribution in [3.05, 3.63) is 28.7 Å². The molecular weight excluding hydrogens is 294 g/mol. The Hall–Kier alpha value is 0.01000. The number of nitrogens with one attached hydrogen (secondary N) is 1. The molecule has 1 unspecified atom stereocenters. The van der Waals surface area contributed by atoms with Crippen molar-refractivity contribution in [2.75, 3.05) is 12.3 Å². The fourth-order valence-electron chi connectivity index (χ4n) is 2.18. The molecular formula is C14H20BrNS. The minimum absolute atomic E-state index is 0.697. The molecule has 94 valence electrons. The Kier molecular flexibility index (Phi) is 5.39. The van der Waals surface area contributed by atoms with E-state index in [0.717, 1.165) is 16.9 Å². The molecule has 0 heterocycles. The zero-order chi connectivity index (χ0) is 12.1. The van der Waals surface area contributed by atoms with Gasteiger partial charge in [0, 0.05) is 21.2 Å². The summed E-state index contributed by atoms with van der Waals surface area (Å²) in [5.74, 6) is 2.11. The monoisotopic (exact) mass is 313 g/mol. The van der Waals surface area contributed by atoms with Gasteiger partial charge in [0.05, 0.1) is 0 Å². The highest BCUT2D eigenvalue weighted by Crippen LogP contribution is 2.32. The van der Waals surface area contributed by atoms with Crippen molar-refractivity contribution in [1.82, 2.24) is 5.32 Å². The highest BCUT2D eigenvalue weighted by atomic mass is 79.9. The normalized spacial score (nSPS) is 17.8. The van der Waals surface area contributed by atoms with Crippen molar-refractivity contribution >= 4 is 27.7 Å². The minimum Gasteiger partial charge on any atom is -0.313 e. The van der Waals surface area contributed by atoms with Crippen LogP contribution in [0.25, 0.3) is 0 Å². The molecule has 1 atom stereocenters. The minimum atomic E-state index is 0.697. The van der Waals surface area contributed by atoms with Crippen LogP contribution >= 0.6 is 27.7 Å². The Morgan fingerprint density at radius 2 is 2.06 bits per heavy atom.